The van der Waals surface area contributed by atoms with Crippen molar-refractivity contribution in [3.05, 3.63) is 27.2 Å². The van der Waals surface area contributed by atoms with Crippen molar-refractivity contribution < 1.29 is 19.4 Å². The topological polar surface area (TPSA) is 102 Å². The number of hydrogen-bond donors (Lipinski definition) is 3. The fourth-order valence-corrected chi connectivity index (χ4v) is 2.56. The number of nitrogens with two attached hydrogens (primary N) is 1. The fraction of sp³-hybridized carbons (Fsp3) is 0.385. The highest BCUT2D eigenvalue weighted by Crippen LogP contribution is 2.36. The number of halogens is 2. The lowest BCUT2D eigenvalue weighted by atomic mass is 10.0. The smallest absolute Gasteiger partial charge is 0.308 e. The average molecular weight is 380 g/mol. The Hall–Kier alpha value is -1.31. The minimum Gasteiger partial charge on any atom is -0.506 e. The van der Waals surface area contributed by atoms with E-state index in [4.69, 9.17) is 22.1 Å². The zero-order valence-corrected chi connectivity index (χ0v) is 13.7. The van der Waals surface area contributed by atoms with Gasteiger partial charge in [-0.05, 0) is 19.1 Å². The molecule has 0 aliphatic rings. The summed E-state index contributed by atoms with van der Waals surface area (Å²) in [6.45, 7) is 1.67. The van der Waals surface area contributed by atoms with Crippen LogP contribution >= 0.6 is 27.5 Å². The first-order valence-corrected chi connectivity index (χ1v) is 7.39. The molecule has 6 nitrogen and oxygen atoms in total. The summed E-state index contributed by atoms with van der Waals surface area (Å²) in [4.78, 5) is 23.1. The number of phenolic OH excluding ortho intramolecular Hbond substituents is 1. The van der Waals surface area contributed by atoms with Crippen LogP contribution in [0.1, 0.15) is 24.9 Å². The summed E-state index contributed by atoms with van der Waals surface area (Å²) in [7, 11) is 0. The molecular formula is C13H16BrClN2O4. The SMILES string of the molecule is CCOC(=O)C[C@@H](NC(=O)CN)c1cc(Br)cc(Cl)c1O. The Morgan fingerprint density at radius 1 is 1.52 bits per heavy atom. The molecule has 0 radical (unpaired) electrons. The van der Waals surface area contributed by atoms with Crippen molar-refractivity contribution in [1.82, 2.24) is 5.32 Å². The molecule has 0 saturated carbocycles. The van der Waals surface area contributed by atoms with E-state index in [0.29, 0.717) is 10.0 Å². The molecule has 1 aromatic rings. The van der Waals surface area contributed by atoms with Gasteiger partial charge in [0.1, 0.15) is 5.75 Å². The molecule has 1 aromatic carbocycles. The molecule has 0 unspecified atom stereocenters. The molecule has 0 fully saturated rings. The van der Waals surface area contributed by atoms with Crippen LogP contribution in [0.2, 0.25) is 5.02 Å². The number of benzene rings is 1. The maximum Gasteiger partial charge on any atom is 0.308 e. The number of esters is 1. The van der Waals surface area contributed by atoms with E-state index in [2.05, 4.69) is 21.2 Å². The van der Waals surface area contributed by atoms with Gasteiger partial charge in [0.2, 0.25) is 5.91 Å². The lowest BCUT2D eigenvalue weighted by Crippen LogP contribution is -2.35. The van der Waals surface area contributed by atoms with Crippen molar-refractivity contribution >= 4 is 39.4 Å². The van der Waals surface area contributed by atoms with Gasteiger partial charge >= 0.3 is 5.97 Å². The van der Waals surface area contributed by atoms with Crippen LogP contribution in [-0.4, -0.2) is 30.1 Å². The molecule has 0 heterocycles. The van der Waals surface area contributed by atoms with Crippen molar-refractivity contribution in [2.75, 3.05) is 13.2 Å². The first-order chi connectivity index (χ1) is 9.88. The number of carbonyl (C=O) groups is 2. The normalized spacial score (nSPS) is 11.8. The Bertz CT molecular complexity index is 539. The number of hydrogen-bond acceptors (Lipinski definition) is 5. The van der Waals surface area contributed by atoms with Gasteiger partial charge in [-0.2, -0.15) is 0 Å². The van der Waals surface area contributed by atoms with Gasteiger partial charge in [0, 0.05) is 10.0 Å². The summed E-state index contributed by atoms with van der Waals surface area (Å²) in [6, 6.07) is 2.30. The quantitative estimate of drug-likeness (QED) is 0.655. The minimum absolute atomic E-state index is 0.107. The average Bonchev–Trinajstić information content (AvgIpc) is 2.42. The van der Waals surface area contributed by atoms with Crippen LogP contribution in [0.4, 0.5) is 0 Å². The van der Waals surface area contributed by atoms with Gasteiger partial charge < -0.3 is 20.9 Å². The van der Waals surface area contributed by atoms with Crippen LogP contribution in [0.3, 0.4) is 0 Å². The van der Waals surface area contributed by atoms with Crippen LogP contribution in [0.15, 0.2) is 16.6 Å². The second-order valence-electron chi connectivity index (χ2n) is 4.16. The summed E-state index contributed by atoms with van der Waals surface area (Å²) in [6.07, 6.45) is -0.139. The predicted octanol–water partition coefficient (Wildman–Crippen LogP) is 1.88. The maximum absolute atomic E-state index is 11.6. The summed E-state index contributed by atoms with van der Waals surface area (Å²) < 4.78 is 5.47. The molecule has 21 heavy (non-hydrogen) atoms. The van der Waals surface area contributed by atoms with E-state index in [1.807, 2.05) is 0 Å². The van der Waals surface area contributed by atoms with Gasteiger partial charge in [-0.3, -0.25) is 9.59 Å². The van der Waals surface area contributed by atoms with Gasteiger partial charge in [-0.15, -0.1) is 0 Å². The molecule has 1 amide bonds. The first kappa shape index (κ1) is 17.7. The summed E-state index contributed by atoms with van der Waals surface area (Å²) in [5.74, 6) is -1.17. The lowest BCUT2D eigenvalue weighted by molar-refractivity contribution is -0.143. The fourth-order valence-electron chi connectivity index (χ4n) is 1.73. The molecular weight excluding hydrogens is 364 g/mol. The Morgan fingerprint density at radius 3 is 2.76 bits per heavy atom. The monoisotopic (exact) mass is 378 g/mol. The highest BCUT2D eigenvalue weighted by Gasteiger charge is 2.23. The number of ether oxygens (including phenoxy) is 1. The summed E-state index contributed by atoms with van der Waals surface area (Å²) >= 11 is 9.14. The molecule has 1 atom stereocenters. The highest BCUT2D eigenvalue weighted by molar-refractivity contribution is 9.10. The molecule has 0 bridgehead atoms. The summed E-state index contributed by atoms with van der Waals surface area (Å²) in [5, 5.41) is 12.7. The largest absolute Gasteiger partial charge is 0.506 e. The Kier molecular flexibility index (Phi) is 6.94. The van der Waals surface area contributed by atoms with E-state index < -0.39 is 17.9 Å². The van der Waals surface area contributed by atoms with Crippen molar-refractivity contribution in [2.24, 2.45) is 5.73 Å². The van der Waals surface area contributed by atoms with E-state index >= 15 is 0 Å². The minimum atomic E-state index is -0.782. The third-order valence-corrected chi connectivity index (χ3v) is 3.38. The first-order valence-electron chi connectivity index (χ1n) is 6.22. The number of phenols is 1. The zero-order valence-electron chi connectivity index (χ0n) is 11.4. The van der Waals surface area contributed by atoms with Gasteiger partial charge in [-0.1, -0.05) is 27.5 Å². The van der Waals surface area contributed by atoms with E-state index in [-0.39, 0.29) is 30.3 Å². The van der Waals surface area contributed by atoms with Crippen LogP contribution in [-0.2, 0) is 14.3 Å². The van der Waals surface area contributed by atoms with Crippen LogP contribution in [0, 0.1) is 0 Å². The second-order valence-corrected chi connectivity index (χ2v) is 5.48. The number of nitrogens with one attached hydrogen (secondary N) is 1. The number of aromatic hydroxyl groups is 1. The Morgan fingerprint density at radius 2 is 2.19 bits per heavy atom. The molecule has 0 aromatic heterocycles. The molecule has 1 rings (SSSR count). The highest BCUT2D eigenvalue weighted by atomic mass is 79.9. The van der Waals surface area contributed by atoms with Crippen LogP contribution in [0.5, 0.6) is 5.75 Å². The summed E-state index contributed by atoms with van der Waals surface area (Å²) in [5.41, 5.74) is 5.57. The van der Waals surface area contributed by atoms with Crippen molar-refractivity contribution in [2.45, 2.75) is 19.4 Å². The molecule has 0 saturated heterocycles. The standard InChI is InChI=1S/C13H16BrClN2O4/c1-2-21-12(19)5-10(17-11(18)6-16)8-3-7(14)4-9(15)13(8)20/h3-4,10,20H,2,5-6,16H2,1H3,(H,17,18)/t10-/m1/s1. The molecule has 0 aliphatic heterocycles. The zero-order chi connectivity index (χ0) is 16.0. The van der Waals surface area contributed by atoms with Crippen molar-refractivity contribution in [3.63, 3.8) is 0 Å². The van der Waals surface area contributed by atoms with E-state index in [1.165, 1.54) is 6.07 Å². The number of amides is 1. The molecule has 0 spiro atoms. The Labute approximate surface area is 135 Å². The van der Waals surface area contributed by atoms with E-state index in [1.54, 1.807) is 13.0 Å². The van der Waals surface area contributed by atoms with Crippen LogP contribution in [0.25, 0.3) is 0 Å². The molecule has 4 N–H and O–H groups in total. The van der Waals surface area contributed by atoms with E-state index in [0.717, 1.165) is 0 Å². The molecule has 0 aliphatic carbocycles. The van der Waals surface area contributed by atoms with Gasteiger partial charge in [-0.25, -0.2) is 0 Å². The molecule has 8 heteroatoms. The van der Waals surface area contributed by atoms with Gasteiger partial charge in [0.05, 0.1) is 30.6 Å². The number of rotatable bonds is 6. The van der Waals surface area contributed by atoms with E-state index in [9.17, 15) is 14.7 Å². The third kappa shape index (κ3) is 5.18. The second kappa shape index (κ2) is 8.21. The Balaban J connectivity index is 3.10. The van der Waals surface area contributed by atoms with Gasteiger partial charge in [0.25, 0.3) is 0 Å². The third-order valence-electron chi connectivity index (χ3n) is 2.63. The maximum atomic E-state index is 11.6. The number of carbonyl (C=O) groups excluding carboxylic acids is 2. The predicted molar refractivity (Wildman–Crippen MR) is 82.0 cm³/mol. The van der Waals surface area contributed by atoms with Crippen molar-refractivity contribution in [3.8, 4) is 5.75 Å². The van der Waals surface area contributed by atoms with Crippen molar-refractivity contribution in [1.29, 1.82) is 0 Å². The lowest BCUT2D eigenvalue weighted by Gasteiger charge is -2.20. The van der Waals surface area contributed by atoms with Crippen LogP contribution < -0.4 is 11.1 Å². The van der Waals surface area contributed by atoms with Gasteiger partial charge in [0.15, 0.2) is 0 Å². The molecule has 116 valence electrons.